The minimum absolute atomic E-state index is 0.0605. The second-order valence-electron chi connectivity index (χ2n) is 5.42. The van der Waals surface area contributed by atoms with Crippen LogP contribution in [0.15, 0.2) is 53.4 Å². The number of para-hydroxylation sites is 2. The molecule has 0 radical (unpaired) electrons. The summed E-state index contributed by atoms with van der Waals surface area (Å²) in [6.07, 6.45) is 0. The number of carbonyl (C=O) groups excluding carboxylic acids is 1. The zero-order chi connectivity index (χ0) is 19.2. The fourth-order valence-corrected chi connectivity index (χ4v) is 3.54. The van der Waals surface area contributed by atoms with Crippen LogP contribution in [0.2, 0.25) is 5.02 Å². The van der Waals surface area contributed by atoms with Gasteiger partial charge in [0.1, 0.15) is 5.75 Å². The third kappa shape index (κ3) is 5.20. The van der Waals surface area contributed by atoms with E-state index in [1.54, 1.807) is 18.2 Å². The number of anilines is 1. The molecule has 0 fully saturated rings. The maximum Gasteiger partial charge on any atom is 0.240 e. The number of ether oxygens (including phenoxy) is 1. The molecule has 0 aliphatic rings. The molecule has 8 heteroatoms. The van der Waals surface area contributed by atoms with Crippen molar-refractivity contribution in [2.45, 2.75) is 18.7 Å². The van der Waals surface area contributed by atoms with Gasteiger partial charge in [0.05, 0.1) is 17.2 Å². The fourth-order valence-electron chi connectivity index (χ4n) is 2.39. The van der Waals surface area contributed by atoms with E-state index in [1.165, 1.54) is 36.1 Å². The van der Waals surface area contributed by atoms with Crippen molar-refractivity contribution in [2.75, 3.05) is 24.6 Å². The number of nitrogens with one attached hydrogen (secondary N) is 1. The van der Waals surface area contributed by atoms with E-state index in [2.05, 4.69) is 4.72 Å². The first-order valence-corrected chi connectivity index (χ1v) is 9.96. The molecule has 2 aromatic rings. The summed E-state index contributed by atoms with van der Waals surface area (Å²) in [6, 6.07) is 13.0. The molecular weight excluding hydrogens is 376 g/mol. The average Bonchev–Trinajstić information content (AvgIpc) is 2.60. The van der Waals surface area contributed by atoms with Gasteiger partial charge < -0.3 is 9.64 Å². The van der Waals surface area contributed by atoms with E-state index in [0.29, 0.717) is 23.1 Å². The molecule has 0 aromatic heterocycles. The monoisotopic (exact) mass is 396 g/mol. The number of amides is 1. The smallest absolute Gasteiger partial charge is 0.240 e. The van der Waals surface area contributed by atoms with Crippen LogP contribution in [0, 0.1) is 0 Å². The summed E-state index contributed by atoms with van der Waals surface area (Å²) >= 11 is 5.78. The van der Waals surface area contributed by atoms with Crippen LogP contribution < -0.4 is 14.4 Å². The molecule has 2 rings (SSSR count). The Morgan fingerprint density at radius 2 is 1.81 bits per heavy atom. The predicted molar refractivity (Wildman–Crippen MR) is 102 cm³/mol. The molecular formula is C18H21ClN2O4S. The van der Waals surface area contributed by atoms with Crippen LogP contribution in [-0.4, -0.2) is 34.0 Å². The van der Waals surface area contributed by atoms with Crippen molar-refractivity contribution < 1.29 is 17.9 Å². The lowest BCUT2D eigenvalue weighted by molar-refractivity contribution is -0.116. The minimum Gasteiger partial charge on any atom is -0.492 e. The van der Waals surface area contributed by atoms with Crippen molar-refractivity contribution in [3.05, 3.63) is 53.6 Å². The molecule has 0 saturated heterocycles. The van der Waals surface area contributed by atoms with E-state index >= 15 is 0 Å². The standard InChI is InChI=1S/C18H21ClN2O4S/c1-3-25-18-7-5-4-6-17(18)21(14(2)22)13-12-20-26(23,24)16-10-8-15(19)9-11-16/h4-11,20H,3,12-13H2,1-2H3. The van der Waals surface area contributed by atoms with Crippen molar-refractivity contribution in [2.24, 2.45) is 0 Å². The number of nitrogens with zero attached hydrogens (tertiary/aromatic N) is 1. The van der Waals surface area contributed by atoms with Gasteiger partial charge in [-0.1, -0.05) is 23.7 Å². The molecule has 26 heavy (non-hydrogen) atoms. The highest BCUT2D eigenvalue weighted by Crippen LogP contribution is 2.28. The molecule has 0 aliphatic heterocycles. The Bertz CT molecular complexity index is 854. The van der Waals surface area contributed by atoms with Crippen molar-refractivity contribution >= 4 is 33.2 Å². The summed E-state index contributed by atoms with van der Waals surface area (Å²) in [4.78, 5) is 13.6. The summed E-state index contributed by atoms with van der Waals surface area (Å²) in [6.45, 7) is 3.98. The Kier molecular flexibility index (Phi) is 7.02. The summed E-state index contributed by atoms with van der Waals surface area (Å²) in [7, 11) is -3.68. The van der Waals surface area contributed by atoms with Crippen LogP contribution in [0.4, 0.5) is 5.69 Å². The molecule has 0 unspecified atom stereocenters. The number of hydrogen-bond acceptors (Lipinski definition) is 4. The Morgan fingerprint density at radius 1 is 1.15 bits per heavy atom. The molecule has 0 atom stereocenters. The zero-order valence-corrected chi connectivity index (χ0v) is 16.2. The maximum atomic E-state index is 12.3. The molecule has 140 valence electrons. The minimum atomic E-state index is -3.68. The van der Waals surface area contributed by atoms with Gasteiger partial charge in [-0.3, -0.25) is 4.79 Å². The first kappa shape index (κ1) is 20.2. The van der Waals surface area contributed by atoms with Gasteiger partial charge in [0, 0.05) is 25.0 Å². The first-order valence-electron chi connectivity index (χ1n) is 8.10. The summed E-state index contributed by atoms with van der Waals surface area (Å²) in [5.41, 5.74) is 0.604. The van der Waals surface area contributed by atoms with E-state index in [4.69, 9.17) is 16.3 Å². The van der Waals surface area contributed by atoms with Gasteiger partial charge >= 0.3 is 0 Å². The third-order valence-corrected chi connectivity index (χ3v) is 5.32. The zero-order valence-electron chi connectivity index (χ0n) is 14.6. The lowest BCUT2D eigenvalue weighted by atomic mass is 10.2. The van der Waals surface area contributed by atoms with E-state index in [9.17, 15) is 13.2 Å². The quantitative estimate of drug-likeness (QED) is 0.744. The highest BCUT2D eigenvalue weighted by atomic mass is 35.5. The largest absolute Gasteiger partial charge is 0.492 e. The molecule has 0 bridgehead atoms. The highest BCUT2D eigenvalue weighted by Gasteiger charge is 2.18. The van der Waals surface area contributed by atoms with Gasteiger partial charge in [-0.05, 0) is 43.3 Å². The van der Waals surface area contributed by atoms with Gasteiger partial charge in [-0.2, -0.15) is 0 Å². The summed E-state index contributed by atoms with van der Waals surface area (Å²) in [5, 5.41) is 0.458. The fraction of sp³-hybridized carbons (Fsp3) is 0.278. The Labute approximate surface area is 158 Å². The van der Waals surface area contributed by atoms with Crippen LogP contribution in [0.5, 0.6) is 5.75 Å². The first-order chi connectivity index (χ1) is 12.3. The predicted octanol–water partition coefficient (Wildman–Crippen LogP) is 3.07. The van der Waals surface area contributed by atoms with Crippen molar-refractivity contribution in [3.63, 3.8) is 0 Å². The number of sulfonamides is 1. The van der Waals surface area contributed by atoms with Gasteiger partial charge in [-0.25, -0.2) is 13.1 Å². The molecule has 1 N–H and O–H groups in total. The lowest BCUT2D eigenvalue weighted by Crippen LogP contribution is -2.37. The summed E-state index contributed by atoms with van der Waals surface area (Å²) in [5.74, 6) is 0.369. The lowest BCUT2D eigenvalue weighted by Gasteiger charge is -2.23. The Morgan fingerprint density at radius 3 is 2.42 bits per heavy atom. The maximum absolute atomic E-state index is 12.3. The summed E-state index contributed by atoms with van der Waals surface area (Å²) < 4.78 is 32.7. The Balaban J connectivity index is 2.10. The van der Waals surface area contributed by atoms with Gasteiger partial charge in [0.15, 0.2) is 0 Å². The van der Waals surface area contributed by atoms with Gasteiger partial charge in [-0.15, -0.1) is 0 Å². The van der Waals surface area contributed by atoms with Crippen LogP contribution in [-0.2, 0) is 14.8 Å². The van der Waals surface area contributed by atoms with Crippen molar-refractivity contribution in [1.29, 1.82) is 0 Å². The molecule has 1 amide bonds. The Hall–Kier alpha value is -2.09. The van der Waals surface area contributed by atoms with Crippen LogP contribution >= 0.6 is 11.6 Å². The number of halogens is 1. The van der Waals surface area contributed by atoms with Crippen molar-refractivity contribution in [1.82, 2.24) is 4.72 Å². The molecule has 6 nitrogen and oxygen atoms in total. The second kappa shape index (κ2) is 9.02. The second-order valence-corrected chi connectivity index (χ2v) is 7.63. The molecule has 0 saturated carbocycles. The SMILES string of the molecule is CCOc1ccccc1N(CCNS(=O)(=O)c1ccc(Cl)cc1)C(C)=O. The van der Waals surface area contributed by atoms with Gasteiger partial charge in [0.2, 0.25) is 15.9 Å². The average molecular weight is 397 g/mol. The molecule has 2 aromatic carbocycles. The van der Waals surface area contributed by atoms with Crippen LogP contribution in [0.1, 0.15) is 13.8 Å². The van der Waals surface area contributed by atoms with E-state index in [0.717, 1.165) is 0 Å². The molecule has 0 spiro atoms. The van der Waals surface area contributed by atoms with Gasteiger partial charge in [0.25, 0.3) is 0 Å². The third-order valence-electron chi connectivity index (χ3n) is 3.59. The molecule has 0 aliphatic carbocycles. The topological polar surface area (TPSA) is 75.7 Å². The highest BCUT2D eigenvalue weighted by molar-refractivity contribution is 7.89. The number of rotatable bonds is 8. The van der Waals surface area contributed by atoms with Crippen molar-refractivity contribution in [3.8, 4) is 5.75 Å². The number of benzene rings is 2. The van der Waals surface area contributed by atoms with E-state index < -0.39 is 10.0 Å². The number of hydrogen-bond donors (Lipinski definition) is 1. The van der Waals surface area contributed by atoms with Crippen LogP contribution in [0.25, 0.3) is 0 Å². The number of carbonyl (C=O) groups is 1. The van der Waals surface area contributed by atoms with E-state index in [1.807, 2.05) is 13.0 Å². The van der Waals surface area contributed by atoms with Crippen LogP contribution in [0.3, 0.4) is 0 Å². The normalized spacial score (nSPS) is 11.2. The van der Waals surface area contributed by atoms with E-state index in [-0.39, 0.29) is 23.9 Å². The molecule has 0 heterocycles.